The first-order chi connectivity index (χ1) is 16.3. The zero-order chi connectivity index (χ0) is 23.9. The highest BCUT2D eigenvalue weighted by Crippen LogP contribution is 2.43. The fourth-order valence-electron chi connectivity index (χ4n) is 4.97. The number of piperazine rings is 1. The molecule has 10 heteroatoms. The Morgan fingerprint density at radius 1 is 1.26 bits per heavy atom. The minimum atomic E-state index is -3.13. The molecule has 1 radical (unpaired) electrons. The van der Waals surface area contributed by atoms with E-state index in [0.29, 0.717) is 49.4 Å². The second kappa shape index (κ2) is 9.70. The van der Waals surface area contributed by atoms with E-state index < -0.39 is 10.0 Å². The van der Waals surface area contributed by atoms with E-state index in [1.807, 2.05) is 12.1 Å². The molecule has 1 unspecified atom stereocenters. The third-order valence-corrected chi connectivity index (χ3v) is 9.65. The zero-order valence-corrected chi connectivity index (χ0v) is 21.8. The van der Waals surface area contributed by atoms with Crippen molar-refractivity contribution in [3.63, 3.8) is 0 Å². The van der Waals surface area contributed by atoms with Crippen molar-refractivity contribution in [1.82, 2.24) is 19.2 Å². The topological polar surface area (TPSA) is 75.6 Å². The first-order valence-corrected chi connectivity index (χ1v) is 14.6. The van der Waals surface area contributed by atoms with Crippen LogP contribution in [0.4, 0.5) is 0 Å². The predicted octanol–water partition coefficient (Wildman–Crippen LogP) is 3.89. The smallest absolute Gasteiger partial charge is 0.211 e. The number of halogens is 1. The van der Waals surface area contributed by atoms with Crippen molar-refractivity contribution in [3.05, 3.63) is 51.2 Å². The van der Waals surface area contributed by atoms with E-state index in [-0.39, 0.29) is 0 Å². The van der Waals surface area contributed by atoms with Crippen molar-refractivity contribution >= 4 is 43.2 Å². The van der Waals surface area contributed by atoms with Gasteiger partial charge in [0, 0.05) is 36.4 Å². The number of aryl methyl sites for hydroxylation is 1. The number of aromatic nitrogens is 2. The van der Waals surface area contributed by atoms with Crippen LogP contribution in [-0.4, -0.2) is 67.1 Å². The Morgan fingerprint density at radius 2 is 2.06 bits per heavy atom. The molecule has 34 heavy (non-hydrogen) atoms. The molecule has 1 atom stereocenters. The number of hydrogen-bond acceptors (Lipinski definition) is 7. The lowest BCUT2D eigenvalue weighted by atomic mass is 9.84. The van der Waals surface area contributed by atoms with Gasteiger partial charge in [-0.15, -0.1) is 11.3 Å². The molecule has 1 saturated heterocycles. The minimum absolute atomic E-state index is 0.438. The normalized spacial score (nSPS) is 19.9. The van der Waals surface area contributed by atoms with Gasteiger partial charge in [-0.3, -0.25) is 4.90 Å². The van der Waals surface area contributed by atoms with Crippen molar-refractivity contribution in [2.75, 3.05) is 39.5 Å². The molecule has 1 aromatic carbocycles. The second-order valence-corrected chi connectivity index (χ2v) is 12.5. The highest BCUT2D eigenvalue weighted by atomic mass is 35.5. The predicted molar refractivity (Wildman–Crippen MR) is 135 cm³/mol. The molecule has 1 aliphatic heterocycles. The van der Waals surface area contributed by atoms with Crippen molar-refractivity contribution < 1.29 is 13.2 Å². The first-order valence-electron chi connectivity index (χ1n) is 11.5. The van der Waals surface area contributed by atoms with Gasteiger partial charge in [-0.1, -0.05) is 17.7 Å². The maximum Gasteiger partial charge on any atom is 0.211 e. The van der Waals surface area contributed by atoms with E-state index in [9.17, 15) is 8.42 Å². The van der Waals surface area contributed by atoms with Crippen LogP contribution in [0.1, 0.15) is 40.6 Å². The van der Waals surface area contributed by atoms with Crippen LogP contribution in [0.3, 0.4) is 0 Å². The maximum absolute atomic E-state index is 11.7. The van der Waals surface area contributed by atoms with Crippen molar-refractivity contribution in [1.29, 1.82) is 0 Å². The molecule has 2 aromatic heterocycles. The summed E-state index contributed by atoms with van der Waals surface area (Å²) in [5.74, 6) is 1.89. The summed E-state index contributed by atoms with van der Waals surface area (Å²) in [6.07, 6.45) is 8.83. The summed E-state index contributed by atoms with van der Waals surface area (Å²) in [6.45, 7) is 2.99. The van der Waals surface area contributed by atoms with E-state index in [4.69, 9.17) is 21.3 Å². The van der Waals surface area contributed by atoms with Gasteiger partial charge in [0.1, 0.15) is 22.6 Å². The number of ether oxygens (including phenoxy) is 1. The Bertz CT molecular complexity index is 1300. The lowest BCUT2D eigenvalue weighted by Gasteiger charge is -2.32. The van der Waals surface area contributed by atoms with Crippen LogP contribution in [0.25, 0.3) is 10.2 Å². The summed E-state index contributed by atoms with van der Waals surface area (Å²) in [6, 6.07) is 6.04. The minimum Gasteiger partial charge on any atom is -0.495 e. The van der Waals surface area contributed by atoms with Gasteiger partial charge in [0.25, 0.3) is 0 Å². The Kier molecular flexibility index (Phi) is 6.83. The van der Waals surface area contributed by atoms with E-state index in [1.54, 1.807) is 18.4 Å². The van der Waals surface area contributed by atoms with Gasteiger partial charge in [-0.2, -0.15) is 4.31 Å². The molecule has 0 saturated carbocycles. The van der Waals surface area contributed by atoms with Crippen LogP contribution in [0, 0.1) is 6.20 Å². The molecule has 3 aromatic rings. The summed E-state index contributed by atoms with van der Waals surface area (Å²) in [7, 11) is -1.50. The number of sulfonamides is 1. The lowest BCUT2D eigenvalue weighted by molar-refractivity contribution is 0.179. The Hall–Kier alpha value is -1.78. The fraction of sp³-hybridized carbons (Fsp3) is 0.500. The molecule has 2 aliphatic rings. The van der Waals surface area contributed by atoms with E-state index in [1.165, 1.54) is 26.6 Å². The third kappa shape index (κ3) is 4.95. The van der Waals surface area contributed by atoms with Gasteiger partial charge in [0.2, 0.25) is 10.0 Å². The summed E-state index contributed by atoms with van der Waals surface area (Å²) < 4.78 is 30.3. The molecule has 1 aliphatic carbocycles. The monoisotopic (exact) mass is 519 g/mol. The van der Waals surface area contributed by atoms with E-state index >= 15 is 0 Å². The van der Waals surface area contributed by atoms with Crippen LogP contribution in [-0.2, 0) is 29.4 Å². The molecule has 1 fully saturated rings. The van der Waals surface area contributed by atoms with Gasteiger partial charge in [-0.25, -0.2) is 18.4 Å². The zero-order valence-electron chi connectivity index (χ0n) is 19.4. The van der Waals surface area contributed by atoms with Gasteiger partial charge in [-0.05, 0) is 54.9 Å². The second-order valence-electron chi connectivity index (χ2n) is 9.08. The molecule has 3 heterocycles. The lowest BCUT2D eigenvalue weighted by Crippen LogP contribution is -2.47. The standard InChI is InChI=1S/C24H28ClN4O3S2/c1-32-21-7-6-16(13-20(21)25)12-17-4-3-5-18-19-14-26-22(27-24(19)33-23(17)18)15-28-8-10-29(11-9-28)34(2,30)31/h6-7,13,17H,3-5,8-12,15H2,1-2H3. The molecule has 181 valence electrons. The van der Waals surface area contributed by atoms with Crippen LogP contribution >= 0.6 is 22.9 Å². The summed E-state index contributed by atoms with van der Waals surface area (Å²) in [5.41, 5.74) is 2.56. The number of nitrogens with zero attached hydrogens (tertiary/aromatic N) is 4. The van der Waals surface area contributed by atoms with Crippen LogP contribution in [0.2, 0.25) is 5.02 Å². The maximum atomic E-state index is 11.7. The molecule has 0 amide bonds. The molecular formula is C24H28ClN4O3S2. The molecule has 0 spiro atoms. The average molecular weight is 520 g/mol. The number of thiophene rings is 1. The Labute approximate surface area is 209 Å². The van der Waals surface area contributed by atoms with E-state index in [2.05, 4.69) is 22.1 Å². The van der Waals surface area contributed by atoms with Gasteiger partial charge in [0.15, 0.2) is 0 Å². The first kappa shape index (κ1) is 23.9. The molecule has 0 N–H and O–H groups in total. The van der Waals surface area contributed by atoms with E-state index in [0.717, 1.165) is 41.7 Å². The van der Waals surface area contributed by atoms with Gasteiger partial charge >= 0.3 is 0 Å². The Balaban J connectivity index is 1.33. The van der Waals surface area contributed by atoms with Crippen molar-refractivity contribution in [3.8, 4) is 5.75 Å². The van der Waals surface area contributed by atoms with Crippen LogP contribution in [0.15, 0.2) is 18.2 Å². The van der Waals surface area contributed by atoms with Crippen molar-refractivity contribution in [2.24, 2.45) is 0 Å². The number of methoxy groups -OCH3 is 1. The molecule has 5 rings (SSSR count). The number of benzene rings is 1. The third-order valence-electron chi connectivity index (χ3n) is 6.76. The Morgan fingerprint density at radius 3 is 2.76 bits per heavy atom. The van der Waals surface area contributed by atoms with Gasteiger partial charge < -0.3 is 4.74 Å². The highest BCUT2D eigenvalue weighted by molar-refractivity contribution is 7.88. The highest BCUT2D eigenvalue weighted by Gasteiger charge is 2.27. The summed E-state index contributed by atoms with van der Waals surface area (Å²) in [4.78, 5) is 14.1. The SMILES string of the molecule is COc1ccc(CC2CCCc3c2sc2nc(CN4CCN(S(C)(=O)=O)CC4)n[c]c32)cc1Cl. The fourth-order valence-corrected chi connectivity index (χ4v) is 7.40. The molecular weight excluding hydrogens is 492 g/mol. The largest absolute Gasteiger partial charge is 0.495 e. The average Bonchev–Trinajstić information content (AvgIpc) is 3.18. The number of fused-ring (bicyclic) bond motifs is 3. The quantitative estimate of drug-likeness (QED) is 0.492. The summed E-state index contributed by atoms with van der Waals surface area (Å²) >= 11 is 8.13. The van der Waals surface area contributed by atoms with Crippen LogP contribution in [0.5, 0.6) is 5.75 Å². The summed E-state index contributed by atoms with van der Waals surface area (Å²) in [5, 5.41) is 1.71. The van der Waals surface area contributed by atoms with Crippen LogP contribution < -0.4 is 4.74 Å². The molecule has 0 bridgehead atoms. The van der Waals surface area contributed by atoms with Gasteiger partial charge in [0.05, 0.1) is 24.9 Å². The molecule has 7 nitrogen and oxygen atoms in total. The van der Waals surface area contributed by atoms with Crippen molar-refractivity contribution in [2.45, 2.75) is 38.1 Å². The number of rotatable bonds is 6. The number of hydrogen-bond donors (Lipinski definition) is 0.